The summed E-state index contributed by atoms with van der Waals surface area (Å²) in [5.74, 6) is 1.48. The van der Waals surface area contributed by atoms with Crippen molar-refractivity contribution in [1.82, 2.24) is 15.1 Å². The highest BCUT2D eigenvalue weighted by Crippen LogP contribution is 2.39. The van der Waals surface area contributed by atoms with Crippen LogP contribution in [-0.4, -0.2) is 15.1 Å². The molecule has 0 unspecified atom stereocenters. The van der Waals surface area contributed by atoms with E-state index in [9.17, 15) is 4.79 Å². The van der Waals surface area contributed by atoms with Crippen LogP contribution in [0, 0.1) is 6.92 Å². The highest BCUT2D eigenvalue weighted by Gasteiger charge is 2.25. The highest BCUT2D eigenvalue weighted by molar-refractivity contribution is 5.53. The van der Waals surface area contributed by atoms with Gasteiger partial charge < -0.3 is 9.51 Å². The molecule has 82 valence electrons. The van der Waals surface area contributed by atoms with Gasteiger partial charge in [0.1, 0.15) is 0 Å². The van der Waals surface area contributed by atoms with Gasteiger partial charge in [0, 0.05) is 17.3 Å². The van der Waals surface area contributed by atoms with Gasteiger partial charge in [0.2, 0.25) is 5.56 Å². The molecule has 1 fully saturated rings. The standard InChI is InChI=1S/C11H11N3O2/c1-6-12-11(16-14-6)8-4-9(7-2-3-7)13-10(15)5-8/h4-5,7H,2-3H2,1H3,(H,13,15). The zero-order chi connectivity index (χ0) is 11.1. The van der Waals surface area contributed by atoms with Gasteiger partial charge in [-0.15, -0.1) is 0 Å². The van der Waals surface area contributed by atoms with Crippen LogP contribution < -0.4 is 5.56 Å². The summed E-state index contributed by atoms with van der Waals surface area (Å²) < 4.78 is 5.05. The van der Waals surface area contributed by atoms with Crippen LogP contribution >= 0.6 is 0 Å². The van der Waals surface area contributed by atoms with Crippen molar-refractivity contribution in [1.29, 1.82) is 0 Å². The predicted octanol–water partition coefficient (Wildman–Crippen LogP) is 1.61. The second kappa shape index (κ2) is 3.30. The molecule has 0 atom stereocenters. The van der Waals surface area contributed by atoms with Crippen LogP contribution in [-0.2, 0) is 0 Å². The van der Waals surface area contributed by atoms with E-state index in [1.54, 1.807) is 6.92 Å². The molecule has 3 rings (SSSR count). The van der Waals surface area contributed by atoms with Gasteiger partial charge >= 0.3 is 0 Å². The topological polar surface area (TPSA) is 71.8 Å². The molecule has 0 bridgehead atoms. The Balaban J connectivity index is 2.09. The first kappa shape index (κ1) is 9.33. The van der Waals surface area contributed by atoms with E-state index >= 15 is 0 Å². The Hall–Kier alpha value is -1.91. The number of H-pyrrole nitrogens is 1. The Morgan fingerprint density at radius 2 is 2.25 bits per heavy atom. The van der Waals surface area contributed by atoms with Gasteiger partial charge in [-0.2, -0.15) is 4.98 Å². The first-order chi connectivity index (χ1) is 7.72. The molecule has 0 aliphatic heterocycles. The molecular weight excluding hydrogens is 206 g/mol. The molecular formula is C11H11N3O2. The lowest BCUT2D eigenvalue weighted by Gasteiger charge is -1.99. The SMILES string of the molecule is Cc1noc(-c2cc(C3CC3)[nH]c(=O)c2)n1. The summed E-state index contributed by atoms with van der Waals surface area (Å²) in [4.78, 5) is 18.4. The molecule has 0 amide bonds. The summed E-state index contributed by atoms with van der Waals surface area (Å²) in [7, 11) is 0. The Labute approximate surface area is 91.5 Å². The summed E-state index contributed by atoms with van der Waals surface area (Å²) >= 11 is 0. The molecule has 0 saturated heterocycles. The summed E-state index contributed by atoms with van der Waals surface area (Å²) in [6.07, 6.45) is 2.28. The molecule has 2 aromatic rings. The maximum Gasteiger partial charge on any atom is 0.258 e. The number of aromatic amines is 1. The van der Waals surface area contributed by atoms with Gasteiger partial charge in [0.15, 0.2) is 5.82 Å². The molecule has 1 aliphatic carbocycles. The van der Waals surface area contributed by atoms with Crippen molar-refractivity contribution in [2.45, 2.75) is 25.7 Å². The first-order valence-corrected chi connectivity index (χ1v) is 5.27. The maximum absolute atomic E-state index is 11.5. The highest BCUT2D eigenvalue weighted by atomic mass is 16.5. The van der Waals surface area contributed by atoms with E-state index in [4.69, 9.17) is 4.52 Å². The molecule has 0 radical (unpaired) electrons. The van der Waals surface area contributed by atoms with Crippen LogP contribution in [0.4, 0.5) is 0 Å². The van der Waals surface area contributed by atoms with Crippen LogP contribution in [0.15, 0.2) is 21.5 Å². The third-order valence-corrected chi connectivity index (χ3v) is 2.66. The fourth-order valence-electron chi connectivity index (χ4n) is 1.72. The van der Waals surface area contributed by atoms with Gasteiger partial charge in [-0.3, -0.25) is 4.79 Å². The number of pyridine rings is 1. The molecule has 2 aromatic heterocycles. The van der Waals surface area contributed by atoms with E-state index in [-0.39, 0.29) is 5.56 Å². The van der Waals surface area contributed by atoms with E-state index in [1.807, 2.05) is 6.07 Å². The van der Waals surface area contributed by atoms with Crippen LogP contribution in [0.2, 0.25) is 0 Å². The fraction of sp³-hybridized carbons (Fsp3) is 0.364. The lowest BCUT2D eigenvalue weighted by atomic mass is 10.2. The van der Waals surface area contributed by atoms with Crippen molar-refractivity contribution < 1.29 is 4.52 Å². The molecule has 5 nitrogen and oxygen atoms in total. The second-order valence-corrected chi connectivity index (χ2v) is 4.11. The van der Waals surface area contributed by atoms with E-state index in [0.29, 0.717) is 23.2 Å². The Bertz CT molecular complexity index is 581. The third kappa shape index (κ3) is 1.64. The zero-order valence-corrected chi connectivity index (χ0v) is 8.86. The van der Waals surface area contributed by atoms with Crippen LogP contribution in [0.25, 0.3) is 11.5 Å². The number of aromatic nitrogens is 3. The smallest absolute Gasteiger partial charge is 0.258 e. The third-order valence-electron chi connectivity index (χ3n) is 2.66. The molecule has 1 saturated carbocycles. The number of rotatable bonds is 2. The maximum atomic E-state index is 11.5. The van der Waals surface area contributed by atoms with Crippen molar-refractivity contribution in [3.63, 3.8) is 0 Å². The number of hydrogen-bond donors (Lipinski definition) is 1. The largest absolute Gasteiger partial charge is 0.334 e. The van der Waals surface area contributed by atoms with Crippen LogP contribution in [0.5, 0.6) is 0 Å². The zero-order valence-electron chi connectivity index (χ0n) is 8.86. The van der Waals surface area contributed by atoms with E-state index in [2.05, 4.69) is 15.1 Å². The first-order valence-electron chi connectivity index (χ1n) is 5.27. The molecule has 0 aromatic carbocycles. The lowest BCUT2D eigenvalue weighted by molar-refractivity contribution is 0.425. The number of hydrogen-bond acceptors (Lipinski definition) is 4. The van der Waals surface area contributed by atoms with Crippen molar-refractivity contribution >= 4 is 0 Å². The Morgan fingerprint density at radius 3 is 2.88 bits per heavy atom. The molecule has 0 spiro atoms. The van der Waals surface area contributed by atoms with Gasteiger partial charge in [-0.05, 0) is 31.7 Å². The molecule has 16 heavy (non-hydrogen) atoms. The Kier molecular flexibility index (Phi) is 1.92. The van der Waals surface area contributed by atoms with Crippen LogP contribution in [0.1, 0.15) is 30.3 Å². The predicted molar refractivity (Wildman–Crippen MR) is 57.1 cm³/mol. The number of aryl methyl sites for hydroxylation is 1. The second-order valence-electron chi connectivity index (χ2n) is 4.11. The van der Waals surface area contributed by atoms with E-state index in [0.717, 1.165) is 18.5 Å². The molecule has 1 N–H and O–H groups in total. The van der Waals surface area contributed by atoms with Gasteiger partial charge in [-0.25, -0.2) is 0 Å². The summed E-state index contributed by atoms with van der Waals surface area (Å²) in [6.45, 7) is 1.75. The number of nitrogens with zero attached hydrogens (tertiary/aromatic N) is 2. The summed E-state index contributed by atoms with van der Waals surface area (Å²) in [6, 6.07) is 3.41. The summed E-state index contributed by atoms with van der Waals surface area (Å²) in [5, 5.41) is 3.71. The summed E-state index contributed by atoms with van der Waals surface area (Å²) in [5.41, 5.74) is 1.56. The molecule has 2 heterocycles. The van der Waals surface area contributed by atoms with Crippen molar-refractivity contribution in [2.75, 3.05) is 0 Å². The van der Waals surface area contributed by atoms with E-state index in [1.165, 1.54) is 6.07 Å². The van der Waals surface area contributed by atoms with E-state index < -0.39 is 0 Å². The minimum absolute atomic E-state index is 0.116. The number of nitrogens with one attached hydrogen (secondary N) is 1. The normalized spacial score (nSPS) is 15.3. The minimum atomic E-state index is -0.116. The van der Waals surface area contributed by atoms with Crippen molar-refractivity contribution in [3.8, 4) is 11.5 Å². The molecule has 5 heteroatoms. The van der Waals surface area contributed by atoms with Crippen molar-refractivity contribution in [3.05, 3.63) is 34.0 Å². The van der Waals surface area contributed by atoms with Crippen molar-refractivity contribution in [2.24, 2.45) is 0 Å². The Morgan fingerprint density at radius 1 is 1.44 bits per heavy atom. The van der Waals surface area contributed by atoms with Gasteiger partial charge in [0.25, 0.3) is 5.89 Å². The van der Waals surface area contributed by atoms with Gasteiger partial charge in [-0.1, -0.05) is 5.16 Å². The average molecular weight is 217 g/mol. The minimum Gasteiger partial charge on any atom is -0.334 e. The van der Waals surface area contributed by atoms with Crippen LogP contribution in [0.3, 0.4) is 0 Å². The van der Waals surface area contributed by atoms with Gasteiger partial charge in [0.05, 0.1) is 0 Å². The lowest BCUT2D eigenvalue weighted by Crippen LogP contribution is -2.07. The monoisotopic (exact) mass is 217 g/mol. The average Bonchev–Trinajstić information content (AvgIpc) is 3.01. The molecule has 1 aliphatic rings. The quantitative estimate of drug-likeness (QED) is 0.829. The fourth-order valence-corrected chi connectivity index (χ4v) is 1.72.